The van der Waals surface area contributed by atoms with Crippen molar-refractivity contribution in [2.75, 3.05) is 6.61 Å². The molecule has 5 aliphatic rings. The first-order chi connectivity index (χ1) is 17.1. The van der Waals surface area contributed by atoms with Crippen molar-refractivity contribution in [2.45, 2.75) is 106 Å². The molecular formula is C32H48O5. The monoisotopic (exact) mass is 512 g/mol. The number of fused-ring (bicyclic) bond motifs is 7. The molecule has 9 atom stereocenters. The zero-order valence-electron chi connectivity index (χ0n) is 24.0. The number of Topliss-reactive ketones (excluding diaryl/α,β-unsaturated/α-hetero) is 1. The molecule has 0 spiro atoms. The van der Waals surface area contributed by atoms with E-state index in [-0.39, 0.29) is 46.1 Å². The molecule has 0 aromatic carbocycles. The first-order valence-electron chi connectivity index (χ1n) is 14.7. The molecule has 5 rings (SSSR count). The maximum absolute atomic E-state index is 13.0. The summed E-state index contributed by atoms with van der Waals surface area (Å²) in [6.45, 7) is 17.8. The highest BCUT2D eigenvalue weighted by Gasteiger charge is 2.72. The molecule has 0 saturated heterocycles. The molecule has 5 aliphatic carbocycles. The van der Waals surface area contributed by atoms with Crippen LogP contribution in [0.3, 0.4) is 0 Å². The first kappa shape index (κ1) is 26.9. The van der Waals surface area contributed by atoms with Gasteiger partial charge in [0, 0.05) is 18.8 Å². The summed E-state index contributed by atoms with van der Waals surface area (Å²) < 4.78 is 5.34. The van der Waals surface area contributed by atoms with E-state index in [4.69, 9.17) is 4.74 Å². The largest absolute Gasteiger partial charge is 0.481 e. The molecule has 206 valence electrons. The predicted octanol–water partition coefficient (Wildman–Crippen LogP) is 6.84. The van der Waals surface area contributed by atoms with Crippen LogP contribution in [0.25, 0.3) is 0 Å². The lowest BCUT2D eigenvalue weighted by atomic mass is 9.32. The molecule has 37 heavy (non-hydrogen) atoms. The highest BCUT2D eigenvalue weighted by Crippen LogP contribution is 2.77. The maximum atomic E-state index is 13.0. The van der Waals surface area contributed by atoms with Crippen molar-refractivity contribution in [1.82, 2.24) is 0 Å². The Morgan fingerprint density at radius 3 is 2.27 bits per heavy atom. The number of hydrogen-bond acceptors (Lipinski definition) is 4. The Labute approximate surface area is 223 Å². The number of carboxylic acid groups (broad SMARTS) is 1. The summed E-state index contributed by atoms with van der Waals surface area (Å²) in [5.74, 6) is 0.887. The van der Waals surface area contributed by atoms with Gasteiger partial charge in [0.1, 0.15) is 12.4 Å². The number of carbonyl (C=O) groups is 3. The Morgan fingerprint density at radius 2 is 1.62 bits per heavy atom. The summed E-state index contributed by atoms with van der Waals surface area (Å²) in [5, 5.41) is 10.6. The van der Waals surface area contributed by atoms with Gasteiger partial charge in [-0.05, 0) is 109 Å². The minimum absolute atomic E-state index is 0.0412. The minimum atomic E-state index is -0.697. The second kappa shape index (κ2) is 8.42. The average molecular weight is 513 g/mol. The maximum Gasteiger partial charge on any atom is 0.309 e. The molecule has 0 bridgehead atoms. The number of ether oxygens (including phenoxy) is 1. The third-order valence-corrected chi connectivity index (χ3v) is 13.6. The molecule has 5 saturated carbocycles. The van der Waals surface area contributed by atoms with Crippen LogP contribution in [-0.4, -0.2) is 29.4 Å². The number of rotatable bonds is 4. The van der Waals surface area contributed by atoms with Crippen LogP contribution in [0.15, 0.2) is 12.2 Å². The van der Waals surface area contributed by atoms with E-state index >= 15 is 0 Å². The summed E-state index contributed by atoms with van der Waals surface area (Å²) >= 11 is 0. The molecule has 0 amide bonds. The fourth-order valence-corrected chi connectivity index (χ4v) is 11.5. The van der Waals surface area contributed by atoms with E-state index in [1.54, 1.807) is 0 Å². The fraction of sp³-hybridized carbons (Fsp3) is 0.844. The Balaban J connectivity index is 1.53. The van der Waals surface area contributed by atoms with Crippen LogP contribution in [-0.2, 0) is 19.1 Å². The van der Waals surface area contributed by atoms with E-state index in [1.807, 2.05) is 0 Å². The van der Waals surface area contributed by atoms with E-state index in [1.165, 1.54) is 6.92 Å². The van der Waals surface area contributed by atoms with Crippen LogP contribution in [0, 0.1) is 56.7 Å². The van der Waals surface area contributed by atoms with E-state index in [0.29, 0.717) is 36.4 Å². The summed E-state index contributed by atoms with van der Waals surface area (Å²) in [4.78, 5) is 37.4. The molecule has 0 aliphatic heterocycles. The van der Waals surface area contributed by atoms with E-state index in [9.17, 15) is 19.5 Å². The summed E-state index contributed by atoms with van der Waals surface area (Å²) in [6.07, 6.45) is 9.24. The van der Waals surface area contributed by atoms with E-state index < -0.39 is 11.4 Å². The smallest absolute Gasteiger partial charge is 0.309 e. The quantitative estimate of drug-likeness (QED) is 0.329. The van der Waals surface area contributed by atoms with Crippen LogP contribution < -0.4 is 0 Å². The van der Waals surface area contributed by atoms with Crippen LogP contribution in [0.2, 0.25) is 0 Å². The summed E-state index contributed by atoms with van der Waals surface area (Å²) in [5.41, 5.74) is 0.242. The van der Waals surface area contributed by atoms with Gasteiger partial charge in [0.25, 0.3) is 0 Å². The first-order valence-corrected chi connectivity index (χ1v) is 14.7. The Morgan fingerprint density at radius 1 is 0.919 bits per heavy atom. The molecule has 5 heteroatoms. The number of hydrogen-bond donors (Lipinski definition) is 1. The standard InChI is InChI=1S/C32H48O5/c1-19(18-37-20(2)33)21-10-15-32(27(35)36)17-16-30(6)22(26(21)32)8-9-24-29(5)13-12-25(34)28(3,4)23(29)11-14-31(24,30)7/h21-24,26H,1,8-18H2,2-7H3,(H,35,36)/t21-,22+,23-,24+,26+,29-,30+,31+,32-/m0/s1. The lowest BCUT2D eigenvalue weighted by Crippen LogP contribution is -2.66. The SMILES string of the molecule is C=C(COC(C)=O)[C@@H]1CC[C@]2(C(=O)O)CC[C@]3(C)[C@H](CC[C@@H]4[C@@]5(C)CCC(=O)C(C)(C)[C@@H]5CC[C@]43C)[C@@H]12. The molecule has 0 aromatic rings. The van der Waals surface area contributed by atoms with Crippen molar-refractivity contribution in [3.8, 4) is 0 Å². The Kier molecular flexibility index (Phi) is 6.13. The van der Waals surface area contributed by atoms with Gasteiger partial charge in [0.15, 0.2) is 0 Å². The van der Waals surface area contributed by atoms with Gasteiger partial charge in [0.05, 0.1) is 5.41 Å². The third-order valence-electron chi connectivity index (χ3n) is 13.6. The second-order valence-corrected chi connectivity index (χ2v) is 14.9. The Bertz CT molecular complexity index is 1030. The van der Waals surface area contributed by atoms with Gasteiger partial charge in [-0.25, -0.2) is 0 Å². The molecule has 5 nitrogen and oxygen atoms in total. The zero-order valence-corrected chi connectivity index (χ0v) is 24.0. The van der Waals surface area contributed by atoms with Gasteiger partial charge < -0.3 is 9.84 Å². The third kappa shape index (κ3) is 3.43. The highest BCUT2D eigenvalue weighted by atomic mass is 16.5. The molecule has 0 unspecified atom stereocenters. The number of esters is 1. The molecule has 0 heterocycles. The van der Waals surface area contributed by atoms with Gasteiger partial charge in [-0.15, -0.1) is 0 Å². The van der Waals surface area contributed by atoms with E-state index in [2.05, 4.69) is 41.2 Å². The van der Waals surface area contributed by atoms with Crippen molar-refractivity contribution in [3.05, 3.63) is 12.2 Å². The highest BCUT2D eigenvalue weighted by molar-refractivity contribution is 5.85. The van der Waals surface area contributed by atoms with Crippen molar-refractivity contribution < 1.29 is 24.2 Å². The number of carboxylic acids is 1. The lowest BCUT2D eigenvalue weighted by molar-refractivity contribution is -0.235. The number of ketones is 1. The Hall–Kier alpha value is -1.65. The zero-order chi connectivity index (χ0) is 27.2. The molecular weight excluding hydrogens is 464 g/mol. The normalized spacial score (nSPS) is 48.2. The van der Waals surface area contributed by atoms with Crippen LogP contribution in [0.1, 0.15) is 106 Å². The van der Waals surface area contributed by atoms with Crippen molar-refractivity contribution in [1.29, 1.82) is 0 Å². The minimum Gasteiger partial charge on any atom is -0.481 e. The number of carbonyl (C=O) groups excluding carboxylic acids is 2. The molecule has 0 radical (unpaired) electrons. The summed E-state index contributed by atoms with van der Waals surface area (Å²) in [6, 6.07) is 0. The molecule has 0 aromatic heterocycles. The molecule has 5 fully saturated rings. The molecule has 1 N–H and O–H groups in total. The second-order valence-electron chi connectivity index (χ2n) is 14.9. The van der Waals surface area contributed by atoms with E-state index in [0.717, 1.165) is 56.9 Å². The fourth-order valence-electron chi connectivity index (χ4n) is 11.5. The van der Waals surface area contributed by atoms with Crippen LogP contribution >= 0.6 is 0 Å². The van der Waals surface area contributed by atoms with Crippen molar-refractivity contribution in [2.24, 2.45) is 56.7 Å². The van der Waals surface area contributed by atoms with Gasteiger partial charge in [-0.2, -0.15) is 0 Å². The van der Waals surface area contributed by atoms with Gasteiger partial charge in [-0.1, -0.05) is 41.2 Å². The van der Waals surface area contributed by atoms with Gasteiger partial charge >= 0.3 is 11.9 Å². The predicted molar refractivity (Wildman–Crippen MR) is 143 cm³/mol. The summed E-state index contributed by atoms with van der Waals surface area (Å²) in [7, 11) is 0. The average Bonchev–Trinajstić information content (AvgIpc) is 3.22. The van der Waals surface area contributed by atoms with Crippen LogP contribution in [0.4, 0.5) is 0 Å². The van der Waals surface area contributed by atoms with Crippen molar-refractivity contribution in [3.63, 3.8) is 0 Å². The lowest BCUT2D eigenvalue weighted by Gasteiger charge is -2.72. The van der Waals surface area contributed by atoms with Crippen molar-refractivity contribution >= 4 is 17.7 Å². The van der Waals surface area contributed by atoms with Gasteiger partial charge in [-0.3, -0.25) is 14.4 Å². The topological polar surface area (TPSA) is 80.7 Å². The van der Waals surface area contributed by atoms with Gasteiger partial charge in [0.2, 0.25) is 0 Å². The van der Waals surface area contributed by atoms with Crippen LogP contribution in [0.5, 0.6) is 0 Å². The number of aliphatic carboxylic acids is 1.